The molecule has 0 atom stereocenters. The highest BCUT2D eigenvalue weighted by molar-refractivity contribution is 5.76. The van der Waals surface area contributed by atoms with Crippen molar-refractivity contribution in [1.82, 2.24) is 20.0 Å². The molecule has 1 saturated carbocycles. The SMILES string of the molecule is CC(C)CNCc1ccc(-c2ccc(CN(CCCN3CCN(C)CC3)C(=O)CCC3CCCC3)cc2)cc1.O=C(O)C(F)(F)F. The zero-order valence-electron chi connectivity index (χ0n) is 27.8. The van der Waals surface area contributed by atoms with Gasteiger partial charge in [0.25, 0.3) is 0 Å². The number of carbonyl (C=O) groups excluding carboxylic acids is 1. The smallest absolute Gasteiger partial charge is 0.475 e. The second-order valence-electron chi connectivity index (χ2n) is 13.2. The quantitative estimate of drug-likeness (QED) is 0.239. The van der Waals surface area contributed by atoms with Crippen molar-refractivity contribution in [1.29, 1.82) is 0 Å². The number of benzene rings is 2. The Bertz CT molecular complexity index is 1170. The zero-order valence-corrected chi connectivity index (χ0v) is 27.8. The summed E-state index contributed by atoms with van der Waals surface area (Å²) >= 11 is 0. The van der Waals surface area contributed by atoms with Crippen LogP contribution in [0.1, 0.15) is 69.9 Å². The topological polar surface area (TPSA) is 76.1 Å². The van der Waals surface area contributed by atoms with Crippen LogP contribution in [0.2, 0.25) is 0 Å². The van der Waals surface area contributed by atoms with Crippen LogP contribution in [0, 0.1) is 11.8 Å². The molecule has 0 aromatic heterocycles. The molecule has 10 heteroatoms. The van der Waals surface area contributed by atoms with Gasteiger partial charge in [-0.2, -0.15) is 13.2 Å². The molecule has 1 aliphatic carbocycles. The fourth-order valence-corrected chi connectivity index (χ4v) is 5.98. The molecule has 256 valence electrons. The average Bonchev–Trinajstić information content (AvgIpc) is 3.55. The molecular formula is C36H53F3N4O3. The van der Waals surface area contributed by atoms with Crippen LogP contribution in [-0.2, 0) is 22.7 Å². The summed E-state index contributed by atoms with van der Waals surface area (Å²) in [6.07, 6.45) is 3.05. The number of amides is 1. The molecular weight excluding hydrogens is 593 g/mol. The Labute approximate surface area is 273 Å². The van der Waals surface area contributed by atoms with E-state index in [9.17, 15) is 18.0 Å². The van der Waals surface area contributed by atoms with Gasteiger partial charge in [0.05, 0.1) is 0 Å². The summed E-state index contributed by atoms with van der Waals surface area (Å²) in [7, 11) is 2.20. The largest absolute Gasteiger partial charge is 0.490 e. The van der Waals surface area contributed by atoms with Crippen LogP contribution >= 0.6 is 0 Å². The van der Waals surface area contributed by atoms with E-state index in [1.807, 2.05) is 0 Å². The molecule has 46 heavy (non-hydrogen) atoms. The third-order valence-corrected chi connectivity index (χ3v) is 8.83. The Morgan fingerprint density at radius 1 is 0.935 bits per heavy atom. The maximum absolute atomic E-state index is 13.4. The third-order valence-electron chi connectivity index (χ3n) is 8.83. The van der Waals surface area contributed by atoms with Crippen LogP contribution in [-0.4, -0.2) is 90.7 Å². The van der Waals surface area contributed by atoms with Crippen molar-refractivity contribution in [2.45, 2.75) is 78.1 Å². The highest BCUT2D eigenvalue weighted by Crippen LogP contribution is 2.29. The Morgan fingerprint density at radius 3 is 2.00 bits per heavy atom. The van der Waals surface area contributed by atoms with E-state index in [1.54, 1.807) is 0 Å². The minimum Gasteiger partial charge on any atom is -0.475 e. The first-order valence-electron chi connectivity index (χ1n) is 16.8. The second-order valence-corrected chi connectivity index (χ2v) is 13.2. The molecule has 0 spiro atoms. The lowest BCUT2D eigenvalue weighted by Gasteiger charge is -2.33. The summed E-state index contributed by atoms with van der Waals surface area (Å²) in [5.41, 5.74) is 5.02. The Morgan fingerprint density at radius 2 is 1.48 bits per heavy atom. The molecule has 2 aromatic rings. The summed E-state index contributed by atoms with van der Waals surface area (Å²) in [5, 5.41) is 10.6. The van der Waals surface area contributed by atoms with Crippen LogP contribution in [0.25, 0.3) is 11.1 Å². The monoisotopic (exact) mass is 646 g/mol. The van der Waals surface area contributed by atoms with Crippen LogP contribution in [0.15, 0.2) is 48.5 Å². The van der Waals surface area contributed by atoms with Crippen LogP contribution in [0.5, 0.6) is 0 Å². The predicted molar refractivity (Wildman–Crippen MR) is 177 cm³/mol. The fourth-order valence-electron chi connectivity index (χ4n) is 5.98. The van der Waals surface area contributed by atoms with E-state index >= 15 is 0 Å². The van der Waals surface area contributed by atoms with Crippen molar-refractivity contribution >= 4 is 11.9 Å². The summed E-state index contributed by atoms with van der Waals surface area (Å²) in [5.74, 6) is -0.991. The molecule has 2 N–H and O–H groups in total. The van der Waals surface area contributed by atoms with Crippen molar-refractivity contribution in [3.8, 4) is 11.1 Å². The Hall–Kier alpha value is -2.95. The number of carboxylic acids is 1. The van der Waals surface area contributed by atoms with Crippen LogP contribution in [0.3, 0.4) is 0 Å². The fraction of sp³-hybridized carbons (Fsp3) is 0.611. The van der Waals surface area contributed by atoms with Crippen LogP contribution in [0.4, 0.5) is 13.2 Å². The number of piperazine rings is 1. The number of nitrogens with one attached hydrogen (secondary N) is 1. The van der Waals surface area contributed by atoms with Crippen molar-refractivity contribution < 1.29 is 27.9 Å². The maximum atomic E-state index is 13.4. The van der Waals surface area contributed by atoms with E-state index in [4.69, 9.17) is 9.90 Å². The number of halogens is 3. The molecule has 2 aliphatic rings. The standard InChI is InChI=1S/C34H52N4O.C2HF3O2/c1-28(2)25-35-26-30-9-14-32(15-10-30)33-16-11-31(12-17-33)27-38(34(39)18-13-29-7-4-5-8-29)20-6-19-37-23-21-36(3)22-24-37;3-2(4,5)1(6)7/h9-12,14-17,28-29,35H,4-8,13,18-27H2,1-3H3;(H,6,7). The van der Waals surface area contributed by atoms with Gasteiger partial charge in [-0.25, -0.2) is 4.79 Å². The number of likely N-dealkylation sites (N-methyl/N-ethyl adjacent to an activating group) is 1. The van der Waals surface area contributed by atoms with E-state index < -0.39 is 12.1 Å². The molecule has 0 radical (unpaired) electrons. The van der Waals surface area contributed by atoms with Crippen molar-refractivity contribution in [2.75, 3.05) is 52.9 Å². The summed E-state index contributed by atoms with van der Waals surface area (Å²) < 4.78 is 31.7. The summed E-state index contributed by atoms with van der Waals surface area (Å²) in [6.45, 7) is 13.7. The average molecular weight is 647 g/mol. The highest BCUT2D eigenvalue weighted by Gasteiger charge is 2.38. The number of carboxylic acid groups (broad SMARTS) is 1. The second kappa shape index (κ2) is 19.0. The molecule has 0 bridgehead atoms. The summed E-state index contributed by atoms with van der Waals surface area (Å²) in [6, 6.07) is 17.7. The molecule has 7 nitrogen and oxygen atoms in total. The molecule has 4 rings (SSSR count). The molecule has 0 unspecified atom stereocenters. The Kier molecular flexibility index (Phi) is 15.5. The highest BCUT2D eigenvalue weighted by atomic mass is 19.4. The first-order valence-corrected chi connectivity index (χ1v) is 16.8. The van der Waals surface area contributed by atoms with E-state index in [0.29, 0.717) is 24.8 Å². The lowest BCUT2D eigenvalue weighted by molar-refractivity contribution is -0.192. The lowest BCUT2D eigenvalue weighted by Crippen LogP contribution is -2.45. The number of hydrogen-bond acceptors (Lipinski definition) is 5. The van der Waals surface area contributed by atoms with Crippen LogP contribution < -0.4 is 5.32 Å². The maximum Gasteiger partial charge on any atom is 0.490 e. The van der Waals surface area contributed by atoms with Gasteiger partial charge in [-0.3, -0.25) is 4.79 Å². The van der Waals surface area contributed by atoms with Crippen molar-refractivity contribution in [3.63, 3.8) is 0 Å². The van der Waals surface area contributed by atoms with Gasteiger partial charge in [0, 0.05) is 52.2 Å². The molecule has 1 amide bonds. The molecule has 1 saturated heterocycles. The number of carbonyl (C=O) groups is 2. The van der Waals surface area contributed by atoms with Gasteiger partial charge in [0.1, 0.15) is 0 Å². The number of hydrogen-bond donors (Lipinski definition) is 2. The van der Waals surface area contributed by atoms with Gasteiger partial charge in [-0.05, 0) is 67.1 Å². The van der Waals surface area contributed by atoms with Crippen molar-refractivity contribution in [3.05, 3.63) is 59.7 Å². The molecule has 1 aliphatic heterocycles. The number of nitrogens with zero attached hydrogens (tertiary/aromatic N) is 3. The normalized spacial score (nSPS) is 16.3. The van der Waals surface area contributed by atoms with Gasteiger partial charge in [-0.1, -0.05) is 88.1 Å². The van der Waals surface area contributed by atoms with E-state index in [1.165, 1.54) is 47.9 Å². The first kappa shape index (κ1) is 37.5. The van der Waals surface area contributed by atoms with E-state index in [0.717, 1.165) is 71.1 Å². The van der Waals surface area contributed by atoms with Gasteiger partial charge in [0.15, 0.2) is 0 Å². The number of alkyl halides is 3. The molecule has 1 heterocycles. The minimum atomic E-state index is -5.08. The summed E-state index contributed by atoms with van der Waals surface area (Å²) in [4.78, 5) is 29.4. The van der Waals surface area contributed by atoms with Gasteiger partial charge in [0.2, 0.25) is 5.91 Å². The molecule has 2 fully saturated rings. The number of rotatable bonds is 14. The lowest BCUT2D eigenvalue weighted by atomic mass is 10.0. The van der Waals surface area contributed by atoms with E-state index in [2.05, 4.69) is 89.4 Å². The van der Waals surface area contributed by atoms with Gasteiger partial charge in [-0.15, -0.1) is 0 Å². The van der Waals surface area contributed by atoms with Gasteiger partial charge >= 0.3 is 12.1 Å². The first-order chi connectivity index (χ1) is 21.9. The Balaban J connectivity index is 0.000000738. The molecule has 2 aromatic carbocycles. The minimum absolute atomic E-state index is 0.339. The van der Waals surface area contributed by atoms with Crippen molar-refractivity contribution in [2.24, 2.45) is 11.8 Å². The van der Waals surface area contributed by atoms with E-state index in [-0.39, 0.29) is 0 Å². The zero-order chi connectivity index (χ0) is 33.5. The predicted octanol–water partition coefficient (Wildman–Crippen LogP) is 6.67. The third kappa shape index (κ3) is 13.8. The number of aliphatic carboxylic acids is 1. The van der Waals surface area contributed by atoms with Gasteiger partial charge < -0.3 is 25.1 Å².